The quantitative estimate of drug-likeness (QED) is 0.767. The zero-order valence-corrected chi connectivity index (χ0v) is 8.74. The summed E-state index contributed by atoms with van der Waals surface area (Å²) in [5.41, 5.74) is 0.590. The summed E-state index contributed by atoms with van der Waals surface area (Å²) in [6, 6.07) is 15.7. The molecule has 0 atom stereocenters. The highest BCUT2D eigenvalue weighted by Crippen LogP contribution is 2.25. The van der Waals surface area contributed by atoms with Gasteiger partial charge in [-0.25, -0.2) is 4.98 Å². The third-order valence-electron chi connectivity index (χ3n) is 1.83. The topological polar surface area (TPSA) is 36.7 Å². The summed E-state index contributed by atoms with van der Waals surface area (Å²) in [6.07, 6.45) is 1.59. The second-order valence-corrected chi connectivity index (χ2v) is 4.01. The molecule has 0 saturated carbocycles. The lowest BCUT2D eigenvalue weighted by atomic mass is 10.3. The third-order valence-corrected chi connectivity index (χ3v) is 2.79. The van der Waals surface area contributed by atoms with Crippen molar-refractivity contribution in [3.63, 3.8) is 0 Å². The van der Waals surface area contributed by atoms with Gasteiger partial charge >= 0.3 is 0 Å². The predicted molar refractivity (Wildman–Crippen MR) is 59.5 cm³/mol. The van der Waals surface area contributed by atoms with E-state index in [2.05, 4.69) is 4.98 Å². The number of nitrogens with zero attached hydrogens (tertiary/aromatic N) is 2. The van der Waals surface area contributed by atoms with Crippen LogP contribution in [0.15, 0.2) is 58.6 Å². The van der Waals surface area contributed by atoms with Crippen molar-refractivity contribution < 1.29 is 0 Å². The van der Waals surface area contributed by atoms with Crippen molar-refractivity contribution in [2.75, 3.05) is 0 Å². The lowest BCUT2D eigenvalue weighted by molar-refractivity contribution is 1.12. The van der Waals surface area contributed by atoms with Crippen molar-refractivity contribution in [2.45, 2.75) is 9.92 Å². The Morgan fingerprint density at radius 3 is 2.47 bits per heavy atom. The number of hydrogen-bond acceptors (Lipinski definition) is 3. The molecule has 2 aromatic rings. The molecule has 1 aromatic carbocycles. The molecule has 15 heavy (non-hydrogen) atoms. The molecule has 3 heteroatoms. The van der Waals surface area contributed by atoms with Gasteiger partial charge in [-0.2, -0.15) is 5.26 Å². The standard InChI is InChI=1S/C12H8N2S/c13-8-10-6-7-12(14-9-10)15-11-4-2-1-3-5-11/h1-7,9H. The number of benzene rings is 1. The average molecular weight is 212 g/mol. The van der Waals surface area contributed by atoms with Gasteiger partial charge in [0, 0.05) is 11.1 Å². The summed E-state index contributed by atoms with van der Waals surface area (Å²) < 4.78 is 0. The Morgan fingerprint density at radius 1 is 1.07 bits per heavy atom. The van der Waals surface area contributed by atoms with Crippen molar-refractivity contribution in [3.05, 3.63) is 54.2 Å². The highest BCUT2D eigenvalue weighted by molar-refractivity contribution is 7.99. The first kappa shape index (κ1) is 9.75. The Hall–Kier alpha value is -1.79. The van der Waals surface area contributed by atoms with Crippen LogP contribution in [0.1, 0.15) is 5.56 Å². The Labute approximate surface area is 92.6 Å². The Kier molecular flexibility index (Phi) is 3.01. The lowest BCUT2D eigenvalue weighted by Crippen LogP contribution is -1.81. The molecule has 0 aliphatic rings. The van der Waals surface area contributed by atoms with E-state index in [-0.39, 0.29) is 0 Å². The van der Waals surface area contributed by atoms with Crippen LogP contribution < -0.4 is 0 Å². The van der Waals surface area contributed by atoms with Crippen LogP contribution in [-0.2, 0) is 0 Å². The van der Waals surface area contributed by atoms with Crippen LogP contribution in [0.2, 0.25) is 0 Å². The van der Waals surface area contributed by atoms with Gasteiger partial charge in [0.15, 0.2) is 0 Å². The molecule has 72 valence electrons. The summed E-state index contributed by atoms with van der Waals surface area (Å²) in [4.78, 5) is 5.33. The van der Waals surface area contributed by atoms with Crippen LogP contribution in [0.4, 0.5) is 0 Å². The molecule has 0 radical (unpaired) electrons. The molecule has 2 rings (SSSR count). The van der Waals surface area contributed by atoms with Gasteiger partial charge in [0.05, 0.1) is 5.56 Å². The van der Waals surface area contributed by atoms with Crippen molar-refractivity contribution in [2.24, 2.45) is 0 Å². The molecule has 0 fully saturated rings. The van der Waals surface area contributed by atoms with E-state index in [1.54, 1.807) is 24.0 Å². The maximum atomic E-state index is 8.62. The van der Waals surface area contributed by atoms with Gasteiger partial charge in [0.25, 0.3) is 0 Å². The minimum absolute atomic E-state index is 0.590. The molecule has 1 heterocycles. The first-order chi connectivity index (χ1) is 7.38. The van der Waals surface area contributed by atoms with E-state index in [1.807, 2.05) is 42.5 Å². The molecule has 0 spiro atoms. The first-order valence-corrected chi connectivity index (χ1v) is 5.29. The summed E-state index contributed by atoms with van der Waals surface area (Å²) in [5.74, 6) is 0. The lowest BCUT2D eigenvalue weighted by Gasteiger charge is -1.99. The fourth-order valence-corrected chi connectivity index (χ4v) is 1.89. The smallest absolute Gasteiger partial charge is 0.101 e. The molecule has 0 amide bonds. The molecular formula is C12H8N2S. The normalized spacial score (nSPS) is 9.53. The van der Waals surface area contributed by atoms with Crippen molar-refractivity contribution in [1.82, 2.24) is 4.98 Å². The fraction of sp³-hybridized carbons (Fsp3) is 0. The van der Waals surface area contributed by atoms with E-state index >= 15 is 0 Å². The number of nitriles is 1. The maximum absolute atomic E-state index is 8.62. The monoisotopic (exact) mass is 212 g/mol. The van der Waals surface area contributed by atoms with Crippen LogP contribution in [0.3, 0.4) is 0 Å². The predicted octanol–water partition coefficient (Wildman–Crippen LogP) is 3.10. The van der Waals surface area contributed by atoms with Gasteiger partial charge in [-0.05, 0) is 24.3 Å². The van der Waals surface area contributed by atoms with E-state index in [0.717, 1.165) is 9.92 Å². The second-order valence-electron chi connectivity index (χ2n) is 2.91. The van der Waals surface area contributed by atoms with E-state index in [1.165, 1.54) is 0 Å². The van der Waals surface area contributed by atoms with Crippen molar-refractivity contribution in [1.29, 1.82) is 5.26 Å². The van der Waals surface area contributed by atoms with Gasteiger partial charge in [0.2, 0.25) is 0 Å². The molecule has 0 saturated heterocycles. The first-order valence-electron chi connectivity index (χ1n) is 4.47. The largest absolute Gasteiger partial charge is 0.248 e. The van der Waals surface area contributed by atoms with Crippen LogP contribution in [0.5, 0.6) is 0 Å². The van der Waals surface area contributed by atoms with Crippen LogP contribution in [0, 0.1) is 11.3 Å². The number of rotatable bonds is 2. The van der Waals surface area contributed by atoms with Crippen molar-refractivity contribution >= 4 is 11.8 Å². The summed E-state index contributed by atoms with van der Waals surface area (Å²) >= 11 is 1.59. The average Bonchev–Trinajstić information content (AvgIpc) is 2.31. The van der Waals surface area contributed by atoms with E-state index in [4.69, 9.17) is 5.26 Å². The minimum atomic E-state index is 0.590. The molecular weight excluding hydrogens is 204 g/mol. The van der Waals surface area contributed by atoms with Crippen LogP contribution in [-0.4, -0.2) is 4.98 Å². The van der Waals surface area contributed by atoms with Crippen LogP contribution >= 0.6 is 11.8 Å². The Bertz CT molecular complexity index is 471. The van der Waals surface area contributed by atoms with E-state index in [0.29, 0.717) is 5.56 Å². The number of pyridine rings is 1. The maximum Gasteiger partial charge on any atom is 0.101 e. The second kappa shape index (κ2) is 4.63. The fourth-order valence-electron chi connectivity index (χ4n) is 1.12. The summed E-state index contributed by atoms with van der Waals surface area (Å²) in [7, 11) is 0. The zero-order valence-electron chi connectivity index (χ0n) is 7.92. The molecule has 0 N–H and O–H groups in total. The van der Waals surface area contributed by atoms with Crippen molar-refractivity contribution in [3.8, 4) is 6.07 Å². The number of aromatic nitrogens is 1. The molecule has 1 aromatic heterocycles. The zero-order chi connectivity index (χ0) is 10.5. The summed E-state index contributed by atoms with van der Waals surface area (Å²) in [6.45, 7) is 0. The summed E-state index contributed by atoms with van der Waals surface area (Å²) in [5, 5.41) is 9.52. The van der Waals surface area contributed by atoms with E-state index < -0.39 is 0 Å². The minimum Gasteiger partial charge on any atom is -0.248 e. The van der Waals surface area contributed by atoms with Gasteiger partial charge in [-0.3, -0.25) is 0 Å². The number of hydrogen-bond donors (Lipinski definition) is 0. The van der Waals surface area contributed by atoms with Crippen LogP contribution in [0.25, 0.3) is 0 Å². The van der Waals surface area contributed by atoms with Gasteiger partial charge in [-0.15, -0.1) is 0 Å². The highest BCUT2D eigenvalue weighted by atomic mass is 32.2. The molecule has 0 bridgehead atoms. The third kappa shape index (κ3) is 2.58. The van der Waals surface area contributed by atoms with Gasteiger partial charge in [-0.1, -0.05) is 30.0 Å². The molecule has 2 nitrogen and oxygen atoms in total. The highest BCUT2D eigenvalue weighted by Gasteiger charge is 1.97. The molecule has 0 unspecified atom stereocenters. The van der Waals surface area contributed by atoms with E-state index in [9.17, 15) is 0 Å². The Morgan fingerprint density at radius 2 is 1.87 bits per heavy atom. The molecule has 0 aliphatic heterocycles. The Balaban J connectivity index is 2.16. The van der Waals surface area contributed by atoms with Gasteiger partial charge in [0.1, 0.15) is 11.1 Å². The SMILES string of the molecule is N#Cc1ccc(Sc2ccccc2)nc1. The molecule has 0 aliphatic carbocycles. The van der Waals surface area contributed by atoms with Gasteiger partial charge < -0.3 is 0 Å².